The molecule has 2 rings (SSSR count). The van der Waals surface area contributed by atoms with Gasteiger partial charge in [0.1, 0.15) is 12.6 Å². The molecular formula is C25H32F3N3O4S. The second kappa shape index (κ2) is 11.8. The van der Waals surface area contributed by atoms with Gasteiger partial charge in [0.2, 0.25) is 21.8 Å². The van der Waals surface area contributed by atoms with E-state index >= 15 is 0 Å². The third-order valence-electron chi connectivity index (χ3n) is 5.74. The van der Waals surface area contributed by atoms with Crippen molar-refractivity contribution in [1.82, 2.24) is 10.2 Å². The lowest BCUT2D eigenvalue weighted by Crippen LogP contribution is -2.52. The Bertz CT molecular complexity index is 1190. The molecule has 0 aliphatic carbocycles. The number of nitrogens with one attached hydrogen (secondary N) is 1. The van der Waals surface area contributed by atoms with E-state index in [2.05, 4.69) is 5.32 Å². The molecule has 198 valence electrons. The highest BCUT2D eigenvalue weighted by Gasteiger charge is 2.33. The lowest BCUT2D eigenvalue weighted by Gasteiger charge is -2.32. The van der Waals surface area contributed by atoms with E-state index < -0.39 is 46.2 Å². The first-order chi connectivity index (χ1) is 16.6. The van der Waals surface area contributed by atoms with E-state index in [-0.39, 0.29) is 18.3 Å². The molecule has 0 spiro atoms. The van der Waals surface area contributed by atoms with Crippen LogP contribution in [0.4, 0.5) is 18.9 Å². The SMILES string of the molecule is CC[C@H](C)NC(=O)[C@@H](C)N(Cc1cccc(C)c1)C(=O)CN(c1cccc(C(F)(F)F)c1)S(C)(=O)=O. The third kappa shape index (κ3) is 7.97. The molecule has 2 aromatic carbocycles. The Morgan fingerprint density at radius 3 is 2.25 bits per heavy atom. The minimum atomic E-state index is -4.69. The maximum atomic E-state index is 13.5. The number of alkyl halides is 3. The minimum absolute atomic E-state index is 0.00972. The molecule has 0 aromatic heterocycles. The zero-order valence-electron chi connectivity index (χ0n) is 21.0. The quantitative estimate of drug-likeness (QED) is 0.504. The summed E-state index contributed by atoms with van der Waals surface area (Å²) in [6.45, 7) is 6.34. The highest BCUT2D eigenvalue weighted by Crippen LogP contribution is 2.32. The van der Waals surface area contributed by atoms with E-state index in [1.165, 1.54) is 17.9 Å². The number of sulfonamides is 1. The van der Waals surface area contributed by atoms with Gasteiger partial charge in [-0.3, -0.25) is 13.9 Å². The summed E-state index contributed by atoms with van der Waals surface area (Å²) >= 11 is 0. The lowest BCUT2D eigenvalue weighted by molar-refractivity contribution is -0.139. The van der Waals surface area contributed by atoms with Gasteiger partial charge in [-0.05, 0) is 51.0 Å². The number of amides is 2. The summed E-state index contributed by atoms with van der Waals surface area (Å²) in [5, 5.41) is 2.81. The minimum Gasteiger partial charge on any atom is -0.352 e. The Kier molecular flexibility index (Phi) is 9.53. The van der Waals surface area contributed by atoms with Gasteiger partial charge < -0.3 is 10.2 Å². The van der Waals surface area contributed by atoms with Gasteiger partial charge in [0.25, 0.3) is 0 Å². The summed E-state index contributed by atoms with van der Waals surface area (Å²) in [5.74, 6) is -1.15. The first-order valence-corrected chi connectivity index (χ1v) is 13.3. The first kappa shape index (κ1) is 29.2. The number of rotatable bonds is 10. The number of hydrogen-bond donors (Lipinski definition) is 1. The van der Waals surface area contributed by atoms with Crippen molar-refractivity contribution in [3.05, 3.63) is 65.2 Å². The maximum Gasteiger partial charge on any atom is 0.416 e. The fraction of sp³-hybridized carbons (Fsp3) is 0.440. The lowest BCUT2D eigenvalue weighted by atomic mass is 10.1. The maximum absolute atomic E-state index is 13.5. The summed E-state index contributed by atoms with van der Waals surface area (Å²) < 4.78 is 65.4. The molecule has 1 N–H and O–H groups in total. The van der Waals surface area contributed by atoms with Crippen LogP contribution in [0.5, 0.6) is 0 Å². The monoisotopic (exact) mass is 527 g/mol. The van der Waals surface area contributed by atoms with Gasteiger partial charge in [-0.15, -0.1) is 0 Å². The Balaban J connectivity index is 2.44. The topological polar surface area (TPSA) is 86.8 Å². The van der Waals surface area contributed by atoms with Crippen LogP contribution in [0.15, 0.2) is 48.5 Å². The zero-order valence-corrected chi connectivity index (χ0v) is 21.8. The molecule has 7 nitrogen and oxygen atoms in total. The van der Waals surface area contributed by atoms with Crippen molar-refractivity contribution >= 4 is 27.5 Å². The van der Waals surface area contributed by atoms with Crippen molar-refractivity contribution in [3.63, 3.8) is 0 Å². The van der Waals surface area contributed by atoms with Crippen molar-refractivity contribution in [2.75, 3.05) is 17.1 Å². The van der Waals surface area contributed by atoms with E-state index in [9.17, 15) is 31.2 Å². The fourth-order valence-electron chi connectivity index (χ4n) is 3.51. The molecule has 0 radical (unpaired) electrons. The molecule has 0 saturated heterocycles. The van der Waals surface area contributed by atoms with Gasteiger partial charge in [-0.1, -0.05) is 42.8 Å². The van der Waals surface area contributed by atoms with E-state index in [0.29, 0.717) is 16.8 Å². The van der Waals surface area contributed by atoms with Crippen LogP contribution in [0, 0.1) is 6.92 Å². The number of aryl methyl sites for hydroxylation is 1. The highest BCUT2D eigenvalue weighted by atomic mass is 32.2. The van der Waals surface area contributed by atoms with E-state index in [1.807, 2.05) is 32.9 Å². The standard InChI is InChI=1S/C25H32F3N3O4S/c1-6-18(3)29-24(33)19(4)30(15-20-10-7-9-17(2)13-20)23(32)16-31(36(5,34)35)22-12-8-11-21(14-22)25(26,27)28/h7-14,18-19H,6,15-16H2,1-5H3,(H,29,33)/t18-,19+/m0/s1. The molecule has 0 fully saturated rings. The Hall–Kier alpha value is -3.08. The van der Waals surface area contributed by atoms with Gasteiger partial charge in [0.15, 0.2) is 0 Å². The number of carbonyl (C=O) groups is 2. The van der Waals surface area contributed by atoms with Crippen molar-refractivity contribution < 1.29 is 31.2 Å². The van der Waals surface area contributed by atoms with Crippen LogP contribution in [-0.4, -0.2) is 50.0 Å². The second-order valence-electron chi connectivity index (χ2n) is 8.82. The van der Waals surface area contributed by atoms with Crippen LogP contribution in [0.25, 0.3) is 0 Å². The van der Waals surface area contributed by atoms with Crippen LogP contribution in [0.1, 0.15) is 43.9 Å². The fourth-order valence-corrected chi connectivity index (χ4v) is 4.35. The Morgan fingerprint density at radius 2 is 1.69 bits per heavy atom. The summed E-state index contributed by atoms with van der Waals surface area (Å²) in [7, 11) is -4.14. The van der Waals surface area contributed by atoms with Gasteiger partial charge in [-0.2, -0.15) is 13.2 Å². The summed E-state index contributed by atoms with van der Waals surface area (Å²) in [5.41, 5.74) is 0.307. The zero-order chi connectivity index (χ0) is 27.3. The largest absolute Gasteiger partial charge is 0.416 e. The van der Waals surface area contributed by atoms with E-state index in [0.717, 1.165) is 29.5 Å². The van der Waals surface area contributed by atoms with Crippen LogP contribution in [0.3, 0.4) is 0 Å². The van der Waals surface area contributed by atoms with Gasteiger partial charge >= 0.3 is 6.18 Å². The van der Waals surface area contributed by atoms with Crippen LogP contribution in [-0.2, 0) is 32.3 Å². The second-order valence-corrected chi connectivity index (χ2v) is 10.7. The molecule has 2 amide bonds. The van der Waals surface area contributed by atoms with Crippen LogP contribution in [0.2, 0.25) is 0 Å². The molecule has 2 aromatic rings. The molecule has 0 heterocycles. The van der Waals surface area contributed by atoms with Gasteiger partial charge in [-0.25, -0.2) is 8.42 Å². The Morgan fingerprint density at radius 1 is 1.06 bits per heavy atom. The number of benzene rings is 2. The number of halogens is 3. The summed E-state index contributed by atoms with van der Waals surface area (Å²) in [6, 6.07) is 9.92. The molecule has 0 unspecified atom stereocenters. The van der Waals surface area contributed by atoms with Crippen molar-refractivity contribution in [2.45, 2.75) is 58.9 Å². The van der Waals surface area contributed by atoms with Crippen LogP contribution < -0.4 is 9.62 Å². The van der Waals surface area contributed by atoms with Gasteiger partial charge in [0.05, 0.1) is 17.5 Å². The van der Waals surface area contributed by atoms with Crippen molar-refractivity contribution in [3.8, 4) is 0 Å². The molecule has 36 heavy (non-hydrogen) atoms. The average Bonchev–Trinajstić information content (AvgIpc) is 2.79. The highest BCUT2D eigenvalue weighted by molar-refractivity contribution is 7.92. The average molecular weight is 528 g/mol. The molecule has 2 atom stereocenters. The molecule has 11 heteroatoms. The predicted molar refractivity (Wildman–Crippen MR) is 133 cm³/mol. The van der Waals surface area contributed by atoms with Crippen molar-refractivity contribution in [1.29, 1.82) is 0 Å². The molecule has 0 bridgehead atoms. The van der Waals surface area contributed by atoms with Gasteiger partial charge in [0, 0.05) is 12.6 Å². The van der Waals surface area contributed by atoms with E-state index in [4.69, 9.17) is 0 Å². The summed E-state index contributed by atoms with van der Waals surface area (Å²) in [4.78, 5) is 27.6. The number of nitrogens with zero attached hydrogens (tertiary/aromatic N) is 2. The first-order valence-electron chi connectivity index (χ1n) is 11.4. The van der Waals surface area contributed by atoms with Crippen molar-refractivity contribution in [2.24, 2.45) is 0 Å². The third-order valence-corrected chi connectivity index (χ3v) is 6.88. The smallest absolute Gasteiger partial charge is 0.352 e. The summed E-state index contributed by atoms with van der Waals surface area (Å²) in [6.07, 6.45) is -3.21. The molecule has 0 aliphatic rings. The molecule has 0 aliphatic heterocycles. The Labute approximate surface area is 210 Å². The number of hydrogen-bond acceptors (Lipinski definition) is 4. The molecular weight excluding hydrogens is 495 g/mol. The number of anilines is 1. The van der Waals surface area contributed by atoms with Crippen LogP contribution >= 0.6 is 0 Å². The molecule has 0 saturated carbocycles. The predicted octanol–water partition coefficient (Wildman–Crippen LogP) is 4.11. The number of carbonyl (C=O) groups excluding carboxylic acids is 2. The normalized spacial score (nSPS) is 13.6. The van der Waals surface area contributed by atoms with E-state index in [1.54, 1.807) is 12.1 Å².